The number of carbonyl (C=O) groups is 1. The fraction of sp³-hybridized carbons (Fsp3) is 0.500. The minimum absolute atomic E-state index is 0.230. The fourth-order valence-corrected chi connectivity index (χ4v) is 2.21. The van der Waals surface area contributed by atoms with Crippen LogP contribution in [0.4, 0.5) is 0 Å². The molecule has 0 saturated heterocycles. The van der Waals surface area contributed by atoms with E-state index in [9.17, 15) is 14.9 Å². The molecule has 22 heavy (non-hydrogen) atoms. The molecule has 0 radical (unpaired) electrons. The Labute approximate surface area is 128 Å². The van der Waals surface area contributed by atoms with E-state index in [1.807, 2.05) is 0 Å². The van der Waals surface area contributed by atoms with Gasteiger partial charge in [0, 0.05) is 37.2 Å². The van der Waals surface area contributed by atoms with Crippen LogP contribution in [0.3, 0.4) is 0 Å². The standard InChI is InChI=1S/C14H20N4O4/c1-3-12(10(2)18(21)22)13(17-20)6-8-16-14(19)11-5-4-7-15-9-11/h4-5,7,9-10,12,20H,3,6,8H2,1-2H3,(H,16,19). The van der Waals surface area contributed by atoms with Crippen LogP contribution in [0, 0.1) is 16.0 Å². The number of oxime groups is 1. The summed E-state index contributed by atoms with van der Waals surface area (Å²) in [7, 11) is 0. The van der Waals surface area contributed by atoms with Gasteiger partial charge < -0.3 is 10.5 Å². The first-order valence-corrected chi connectivity index (χ1v) is 7.03. The summed E-state index contributed by atoms with van der Waals surface area (Å²) >= 11 is 0. The number of nitrogens with zero attached hydrogens (tertiary/aromatic N) is 3. The van der Waals surface area contributed by atoms with Gasteiger partial charge in [0.1, 0.15) is 0 Å². The first kappa shape index (κ1) is 17.5. The molecule has 2 unspecified atom stereocenters. The van der Waals surface area contributed by atoms with Gasteiger partial charge in [0.15, 0.2) is 0 Å². The highest BCUT2D eigenvalue weighted by atomic mass is 16.6. The zero-order chi connectivity index (χ0) is 16.5. The fourth-order valence-electron chi connectivity index (χ4n) is 2.21. The number of amides is 1. The van der Waals surface area contributed by atoms with E-state index in [2.05, 4.69) is 15.5 Å². The molecule has 0 fully saturated rings. The summed E-state index contributed by atoms with van der Waals surface area (Å²) < 4.78 is 0. The van der Waals surface area contributed by atoms with Gasteiger partial charge in [-0.2, -0.15) is 0 Å². The second kappa shape index (κ2) is 8.71. The van der Waals surface area contributed by atoms with Crippen LogP contribution in [-0.4, -0.2) is 39.3 Å². The average molecular weight is 308 g/mol. The zero-order valence-corrected chi connectivity index (χ0v) is 12.6. The summed E-state index contributed by atoms with van der Waals surface area (Å²) in [5.41, 5.74) is 0.744. The molecule has 8 nitrogen and oxygen atoms in total. The summed E-state index contributed by atoms with van der Waals surface area (Å²) in [5, 5.41) is 25.8. The molecule has 0 aromatic carbocycles. The van der Waals surface area contributed by atoms with Gasteiger partial charge in [-0.15, -0.1) is 0 Å². The molecule has 2 N–H and O–H groups in total. The van der Waals surface area contributed by atoms with Gasteiger partial charge in [-0.1, -0.05) is 12.1 Å². The van der Waals surface area contributed by atoms with E-state index in [0.717, 1.165) is 0 Å². The molecule has 1 aromatic heterocycles. The highest BCUT2D eigenvalue weighted by molar-refractivity contribution is 5.94. The van der Waals surface area contributed by atoms with Gasteiger partial charge in [0.25, 0.3) is 5.91 Å². The second-order valence-electron chi connectivity index (χ2n) is 4.88. The quantitative estimate of drug-likeness (QED) is 0.328. The van der Waals surface area contributed by atoms with Crippen LogP contribution in [0.15, 0.2) is 29.7 Å². The average Bonchev–Trinajstić information content (AvgIpc) is 2.54. The molecule has 0 aliphatic rings. The third kappa shape index (κ3) is 4.80. The van der Waals surface area contributed by atoms with Crippen LogP contribution in [-0.2, 0) is 0 Å². The first-order chi connectivity index (χ1) is 10.5. The Balaban J connectivity index is 2.57. The van der Waals surface area contributed by atoms with Crippen molar-refractivity contribution in [1.82, 2.24) is 10.3 Å². The maximum atomic E-state index is 11.8. The Morgan fingerprint density at radius 1 is 1.59 bits per heavy atom. The smallest absolute Gasteiger partial charge is 0.252 e. The highest BCUT2D eigenvalue weighted by Gasteiger charge is 2.29. The highest BCUT2D eigenvalue weighted by Crippen LogP contribution is 2.15. The van der Waals surface area contributed by atoms with Crippen molar-refractivity contribution in [2.45, 2.75) is 32.7 Å². The van der Waals surface area contributed by atoms with Crippen molar-refractivity contribution in [3.05, 3.63) is 40.2 Å². The number of carbonyl (C=O) groups excluding carboxylic acids is 1. The number of nitrogens with one attached hydrogen (secondary N) is 1. The summed E-state index contributed by atoms with van der Waals surface area (Å²) in [5.74, 6) is -0.754. The topological polar surface area (TPSA) is 118 Å². The van der Waals surface area contributed by atoms with Crippen molar-refractivity contribution in [3.8, 4) is 0 Å². The van der Waals surface area contributed by atoms with Crippen molar-refractivity contribution in [2.24, 2.45) is 11.1 Å². The molecule has 2 atom stereocenters. The Bertz CT molecular complexity index is 533. The second-order valence-corrected chi connectivity index (χ2v) is 4.88. The molecular formula is C14H20N4O4. The maximum absolute atomic E-state index is 11.8. The van der Waals surface area contributed by atoms with Gasteiger partial charge in [0.05, 0.1) is 17.2 Å². The number of rotatable bonds is 8. The molecule has 0 bridgehead atoms. The molecular weight excluding hydrogens is 288 g/mol. The summed E-state index contributed by atoms with van der Waals surface area (Å²) in [6.45, 7) is 3.51. The molecule has 120 valence electrons. The Kier molecular flexibility index (Phi) is 6.94. The molecule has 0 aliphatic heterocycles. The molecule has 8 heteroatoms. The third-order valence-corrected chi connectivity index (χ3v) is 3.50. The van der Waals surface area contributed by atoms with E-state index in [1.165, 1.54) is 13.1 Å². The number of nitro groups is 1. The Morgan fingerprint density at radius 3 is 2.82 bits per heavy atom. The lowest BCUT2D eigenvalue weighted by Gasteiger charge is -2.17. The molecule has 0 spiro atoms. The van der Waals surface area contributed by atoms with Gasteiger partial charge in [-0.25, -0.2) is 0 Å². The number of pyridine rings is 1. The van der Waals surface area contributed by atoms with E-state index in [4.69, 9.17) is 5.21 Å². The van der Waals surface area contributed by atoms with Gasteiger partial charge >= 0.3 is 0 Å². The number of hydrogen-bond donors (Lipinski definition) is 2. The lowest BCUT2D eigenvalue weighted by molar-refractivity contribution is -0.524. The molecule has 0 aliphatic carbocycles. The predicted octanol–water partition coefficient (Wildman–Crippen LogP) is 1.72. The lowest BCUT2D eigenvalue weighted by Crippen LogP contribution is -2.34. The van der Waals surface area contributed by atoms with Crippen molar-refractivity contribution >= 4 is 11.6 Å². The molecule has 0 saturated carbocycles. The van der Waals surface area contributed by atoms with E-state index >= 15 is 0 Å². The Morgan fingerprint density at radius 2 is 2.32 bits per heavy atom. The van der Waals surface area contributed by atoms with Crippen LogP contribution >= 0.6 is 0 Å². The van der Waals surface area contributed by atoms with Crippen LogP contribution in [0.5, 0.6) is 0 Å². The van der Waals surface area contributed by atoms with E-state index in [0.29, 0.717) is 17.7 Å². The monoisotopic (exact) mass is 308 g/mol. The predicted molar refractivity (Wildman–Crippen MR) is 80.6 cm³/mol. The van der Waals surface area contributed by atoms with E-state index < -0.39 is 16.9 Å². The summed E-state index contributed by atoms with van der Waals surface area (Å²) in [4.78, 5) is 26.2. The van der Waals surface area contributed by atoms with Crippen LogP contribution in [0.2, 0.25) is 0 Å². The SMILES string of the molecule is CCC(C(CCNC(=O)c1cccnc1)=NO)C(C)[N+](=O)[O-]. The number of aromatic nitrogens is 1. The third-order valence-electron chi connectivity index (χ3n) is 3.50. The van der Waals surface area contributed by atoms with Crippen LogP contribution in [0.1, 0.15) is 37.0 Å². The minimum atomic E-state index is -0.843. The van der Waals surface area contributed by atoms with Crippen molar-refractivity contribution in [3.63, 3.8) is 0 Å². The number of hydrogen-bond acceptors (Lipinski definition) is 6. The summed E-state index contributed by atoms with van der Waals surface area (Å²) in [6, 6.07) is 2.44. The van der Waals surface area contributed by atoms with Crippen LogP contribution < -0.4 is 5.32 Å². The molecule has 1 amide bonds. The minimum Gasteiger partial charge on any atom is -0.411 e. The van der Waals surface area contributed by atoms with Crippen molar-refractivity contribution in [1.29, 1.82) is 0 Å². The summed E-state index contributed by atoms with van der Waals surface area (Å²) in [6.07, 6.45) is 3.75. The lowest BCUT2D eigenvalue weighted by atomic mass is 9.91. The van der Waals surface area contributed by atoms with Crippen LogP contribution in [0.25, 0.3) is 0 Å². The van der Waals surface area contributed by atoms with E-state index in [1.54, 1.807) is 25.3 Å². The largest absolute Gasteiger partial charge is 0.411 e. The Hall–Kier alpha value is -2.51. The van der Waals surface area contributed by atoms with Crippen molar-refractivity contribution < 1.29 is 14.9 Å². The molecule has 1 aromatic rings. The normalized spacial score (nSPS) is 14.2. The zero-order valence-electron chi connectivity index (χ0n) is 12.6. The van der Waals surface area contributed by atoms with Gasteiger partial charge in [0.2, 0.25) is 6.04 Å². The molecule has 1 heterocycles. The van der Waals surface area contributed by atoms with Crippen molar-refractivity contribution in [2.75, 3.05) is 6.54 Å². The first-order valence-electron chi connectivity index (χ1n) is 7.03. The van der Waals surface area contributed by atoms with Gasteiger partial charge in [-0.05, 0) is 18.6 Å². The maximum Gasteiger partial charge on any atom is 0.252 e. The van der Waals surface area contributed by atoms with Gasteiger partial charge in [-0.3, -0.25) is 19.9 Å². The molecule has 1 rings (SSSR count). The van der Waals surface area contributed by atoms with E-state index in [-0.39, 0.29) is 18.9 Å².